The van der Waals surface area contributed by atoms with E-state index in [-0.39, 0.29) is 29.8 Å². The molecule has 0 heterocycles. The second-order valence-electron chi connectivity index (χ2n) is 3.47. The highest BCUT2D eigenvalue weighted by Crippen LogP contribution is 2.48. The summed E-state index contributed by atoms with van der Waals surface area (Å²) in [7, 11) is 0. The molecule has 1 fully saturated rings. The quantitative estimate of drug-likeness (QED) is 0.813. The molecule has 14 heavy (non-hydrogen) atoms. The Hall–Kier alpha value is -0.670. The smallest absolute Gasteiger partial charge is 0.129 e. The Labute approximate surface area is 87.7 Å². The predicted octanol–water partition coefficient (Wildman–Crippen LogP) is 2.45. The van der Waals surface area contributed by atoms with E-state index >= 15 is 0 Å². The van der Waals surface area contributed by atoms with Gasteiger partial charge in [-0.2, -0.15) is 0 Å². The van der Waals surface area contributed by atoms with Crippen LogP contribution in [0.4, 0.5) is 8.78 Å². The first kappa shape index (κ1) is 11.4. The van der Waals surface area contributed by atoms with Crippen LogP contribution in [0.15, 0.2) is 18.2 Å². The van der Waals surface area contributed by atoms with E-state index in [0.29, 0.717) is 6.54 Å². The standard InChI is InChI=1S/C10H11F2N.ClH/c11-8-2-1-3-9(12)10(8)7-4-6(7)5-13;/h1-3,6-7H,4-5,13H2;1H. The third-order valence-electron chi connectivity index (χ3n) is 2.60. The van der Waals surface area contributed by atoms with E-state index in [1.807, 2.05) is 0 Å². The summed E-state index contributed by atoms with van der Waals surface area (Å²) in [5, 5.41) is 0. The fourth-order valence-corrected chi connectivity index (χ4v) is 1.73. The summed E-state index contributed by atoms with van der Waals surface area (Å²) in [5.74, 6) is -0.612. The first-order valence-corrected chi connectivity index (χ1v) is 4.38. The molecule has 2 unspecified atom stereocenters. The summed E-state index contributed by atoms with van der Waals surface area (Å²) in [6, 6.07) is 3.97. The van der Waals surface area contributed by atoms with Gasteiger partial charge in [-0.3, -0.25) is 0 Å². The summed E-state index contributed by atoms with van der Waals surface area (Å²) in [6.45, 7) is 0.512. The maximum Gasteiger partial charge on any atom is 0.129 e. The number of nitrogens with two attached hydrogens (primary N) is 1. The molecule has 1 saturated carbocycles. The monoisotopic (exact) mass is 219 g/mol. The van der Waals surface area contributed by atoms with Gasteiger partial charge in [0, 0.05) is 5.56 Å². The minimum atomic E-state index is -0.444. The molecule has 0 aliphatic heterocycles. The number of rotatable bonds is 2. The average Bonchev–Trinajstić information content (AvgIpc) is 2.83. The molecule has 2 atom stereocenters. The molecule has 78 valence electrons. The van der Waals surface area contributed by atoms with Gasteiger partial charge in [-0.25, -0.2) is 8.78 Å². The van der Waals surface area contributed by atoms with E-state index in [4.69, 9.17) is 5.73 Å². The summed E-state index contributed by atoms with van der Waals surface area (Å²) in [4.78, 5) is 0. The van der Waals surface area contributed by atoms with Crippen molar-refractivity contribution >= 4 is 12.4 Å². The van der Waals surface area contributed by atoms with Crippen LogP contribution in [0.25, 0.3) is 0 Å². The molecular weight excluding hydrogens is 208 g/mol. The van der Waals surface area contributed by atoms with Gasteiger partial charge in [-0.05, 0) is 36.9 Å². The van der Waals surface area contributed by atoms with Crippen molar-refractivity contribution in [3.05, 3.63) is 35.4 Å². The van der Waals surface area contributed by atoms with E-state index in [1.165, 1.54) is 18.2 Å². The molecule has 0 radical (unpaired) electrons. The number of benzene rings is 1. The molecule has 0 spiro atoms. The fraction of sp³-hybridized carbons (Fsp3) is 0.400. The lowest BCUT2D eigenvalue weighted by Gasteiger charge is -2.02. The van der Waals surface area contributed by atoms with Crippen LogP contribution in [0.2, 0.25) is 0 Å². The Bertz CT molecular complexity index is 310. The summed E-state index contributed by atoms with van der Waals surface area (Å²) in [6.07, 6.45) is 0.814. The average molecular weight is 220 g/mol. The summed E-state index contributed by atoms with van der Waals surface area (Å²) >= 11 is 0. The lowest BCUT2D eigenvalue weighted by molar-refractivity contribution is 0.551. The van der Waals surface area contributed by atoms with Gasteiger partial charge in [-0.1, -0.05) is 6.07 Å². The van der Waals surface area contributed by atoms with Crippen LogP contribution in [0.3, 0.4) is 0 Å². The Morgan fingerprint density at radius 3 is 2.29 bits per heavy atom. The van der Waals surface area contributed by atoms with E-state index in [9.17, 15) is 8.78 Å². The van der Waals surface area contributed by atoms with Gasteiger partial charge in [-0.15, -0.1) is 12.4 Å². The molecule has 2 N–H and O–H groups in total. The van der Waals surface area contributed by atoms with E-state index in [2.05, 4.69) is 0 Å². The zero-order valence-electron chi connectivity index (χ0n) is 7.54. The molecule has 2 rings (SSSR count). The molecule has 0 saturated heterocycles. The van der Waals surface area contributed by atoms with Gasteiger partial charge in [0.05, 0.1) is 0 Å². The maximum absolute atomic E-state index is 13.2. The van der Waals surface area contributed by atoms with Gasteiger partial charge in [0.15, 0.2) is 0 Å². The zero-order chi connectivity index (χ0) is 9.42. The minimum Gasteiger partial charge on any atom is -0.330 e. The third kappa shape index (κ3) is 1.88. The van der Waals surface area contributed by atoms with Crippen LogP contribution >= 0.6 is 12.4 Å². The van der Waals surface area contributed by atoms with Gasteiger partial charge in [0.2, 0.25) is 0 Å². The Balaban J connectivity index is 0.000000980. The molecule has 1 aliphatic rings. The molecule has 1 nitrogen and oxygen atoms in total. The molecule has 0 bridgehead atoms. The maximum atomic E-state index is 13.2. The second-order valence-corrected chi connectivity index (χ2v) is 3.47. The fourth-order valence-electron chi connectivity index (χ4n) is 1.73. The number of hydrogen-bond acceptors (Lipinski definition) is 1. The number of halogens is 3. The van der Waals surface area contributed by atoms with Crippen molar-refractivity contribution < 1.29 is 8.78 Å². The van der Waals surface area contributed by atoms with Gasteiger partial charge in [0.1, 0.15) is 11.6 Å². The molecule has 1 aromatic rings. The van der Waals surface area contributed by atoms with Gasteiger partial charge in [0.25, 0.3) is 0 Å². The molecule has 0 aromatic heterocycles. The lowest BCUT2D eigenvalue weighted by atomic mass is 10.1. The minimum absolute atomic E-state index is 0. The number of hydrogen-bond donors (Lipinski definition) is 1. The predicted molar refractivity (Wildman–Crippen MR) is 53.5 cm³/mol. The third-order valence-corrected chi connectivity index (χ3v) is 2.60. The second kappa shape index (κ2) is 4.24. The highest BCUT2D eigenvalue weighted by atomic mass is 35.5. The zero-order valence-corrected chi connectivity index (χ0v) is 8.36. The first-order valence-electron chi connectivity index (χ1n) is 4.38. The summed E-state index contributed by atoms with van der Waals surface area (Å²) < 4.78 is 26.3. The molecule has 4 heteroatoms. The highest BCUT2D eigenvalue weighted by Gasteiger charge is 2.40. The van der Waals surface area contributed by atoms with Crippen LogP contribution in [0, 0.1) is 17.6 Å². The van der Waals surface area contributed by atoms with E-state index in [0.717, 1.165) is 6.42 Å². The highest BCUT2D eigenvalue weighted by molar-refractivity contribution is 5.85. The Morgan fingerprint density at radius 2 is 1.86 bits per heavy atom. The van der Waals surface area contributed by atoms with E-state index < -0.39 is 11.6 Å². The van der Waals surface area contributed by atoms with Crippen LogP contribution < -0.4 is 5.73 Å². The van der Waals surface area contributed by atoms with Crippen molar-refractivity contribution in [2.75, 3.05) is 6.54 Å². The van der Waals surface area contributed by atoms with Crippen LogP contribution in [0.5, 0.6) is 0 Å². The largest absolute Gasteiger partial charge is 0.330 e. The van der Waals surface area contributed by atoms with Crippen molar-refractivity contribution in [1.82, 2.24) is 0 Å². The SMILES string of the molecule is Cl.NCC1CC1c1c(F)cccc1F. The Kier molecular flexibility index (Phi) is 3.45. The van der Waals surface area contributed by atoms with E-state index in [1.54, 1.807) is 0 Å². The van der Waals surface area contributed by atoms with Crippen molar-refractivity contribution in [3.8, 4) is 0 Å². The molecule has 1 aromatic carbocycles. The van der Waals surface area contributed by atoms with Crippen LogP contribution in [0.1, 0.15) is 17.9 Å². The van der Waals surface area contributed by atoms with Crippen molar-refractivity contribution in [2.45, 2.75) is 12.3 Å². The molecule has 0 amide bonds. The van der Waals surface area contributed by atoms with Gasteiger partial charge >= 0.3 is 0 Å². The van der Waals surface area contributed by atoms with Crippen molar-refractivity contribution in [1.29, 1.82) is 0 Å². The summed E-state index contributed by atoms with van der Waals surface area (Å²) in [5.41, 5.74) is 5.64. The van der Waals surface area contributed by atoms with Crippen molar-refractivity contribution in [2.24, 2.45) is 11.7 Å². The van der Waals surface area contributed by atoms with Crippen LogP contribution in [-0.4, -0.2) is 6.54 Å². The first-order chi connectivity index (χ1) is 6.24. The van der Waals surface area contributed by atoms with Crippen molar-refractivity contribution in [3.63, 3.8) is 0 Å². The lowest BCUT2D eigenvalue weighted by Crippen LogP contribution is -2.03. The molecular formula is C10H12ClF2N. The normalized spacial score (nSPS) is 24.2. The topological polar surface area (TPSA) is 26.0 Å². The Morgan fingerprint density at radius 1 is 1.29 bits per heavy atom. The molecule has 1 aliphatic carbocycles. The van der Waals surface area contributed by atoms with Crippen LogP contribution in [-0.2, 0) is 0 Å². The van der Waals surface area contributed by atoms with Gasteiger partial charge < -0.3 is 5.73 Å².